The number of pyridine rings is 2. The van der Waals surface area contributed by atoms with Gasteiger partial charge in [-0.15, -0.1) is 0 Å². The third-order valence-corrected chi connectivity index (χ3v) is 7.61. The van der Waals surface area contributed by atoms with Gasteiger partial charge in [-0.1, -0.05) is 23.2 Å². The standard InChI is InChI=1S/C30H34Cl2N4O6/c31-23-3-5-25(37)29-21(23)1-7-27(33-29)35-9-13-39-17-19-41-15-11-36(12-16-42-20-18-40-14-10-35)28-8-2-22-24(32)4-6-26(38)30(22)34-28/h1-8,37-38H,9-20H2. The van der Waals surface area contributed by atoms with Gasteiger partial charge in [-0.05, 0) is 48.5 Å². The summed E-state index contributed by atoms with van der Waals surface area (Å²) in [6, 6.07) is 13.9. The Labute approximate surface area is 254 Å². The molecular weight excluding hydrogens is 583 g/mol. The molecule has 1 saturated heterocycles. The summed E-state index contributed by atoms with van der Waals surface area (Å²) >= 11 is 12.6. The zero-order valence-electron chi connectivity index (χ0n) is 23.2. The van der Waals surface area contributed by atoms with Gasteiger partial charge < -0.3 is 39.0 Å². The van der Waals surface area contributed by atoms with Crippen molar-refractivity contribution in [2.45, 2.75) is 0 Å². The van der Waals surface area contributed by atoms with Crippen LogP contribution in [0.5, 0.6) is 11.5 Å². The maximum atomic E-state index is 10.3. The quantitative estimate of drug-likeness (QED) is 0.323. The summed E-state index contributed by atoms with van der Waals surface area (Å²) in [5, 5.41) is 23.1. The van der Waals surface area contributed by atoms with E-state index in [1.54, 1.807) is 24.3 Å². The van der Waals surface area contributed by atoms with Crippen LogP contribution in [0.3, 0.4) is 0 Å². The fourth-order valence-corrected chi connectivity index (χ4v) is 5.12. The molecule has 0 amide bonds. The second kappa shape index (κ2) is 14.9. The van der Waals surface area contributed by atoms with Crippen LogP contribution < -0.4 is 9.80 Å². The molecule has 3 heterocycles. The highest BCUT2D eigenvalue weighted by Crippen LogP contribution is 2.32. The summed E-state index contributed by atoms with van der Waals surface area (Å²) in [6.07, 6.45) is 0. The van der Waals surface area contributed by atoms with Gasteiger partial charge in [0.15, 0.2) is 0 Å². The molecule has 1 aliphatic heterocycles. The van der Waals surface area contributed by atoms with Crippen molar-refractivity contribution < 1.29 is 29.2 Å². The van der Waals surface area contributed by atoms with Gasteiger partial charge in [0.1, 0.15) is 34.2 Å². The largest absolute Gasteiger partial charge is 0.506 e. The topological polar surface area (TPSA) is 110 Å². The number of aromatic nitrogens is 2. The van der Waals surface area contributed by atoms with Crippen molar-refractivity contribution in [3.8, 4) is 11.5 Å². The lowest BCUT2D eigenvalue weighted by Gasteiger charge is -2.25. The minimum absolute atomic E-state index is 0.0805. The molecule has 1 aliphatic rings. The molecule has 0 unspecified atom stereocenters. The minimum atomic E-state index is 0.0805. The molecule has 0 saturated carbocycles. The first-order valence-electron chi connectivity index (χ1n) is 13.9. The molecule has 1 fully saturated rings. The van der Waals surface area contributed by atoms with Crippen LogP contribution in [0.2, 0.25) is 10.0 Å². The van der Waals surface area contributed by atoms with Crippen molar-refractivity contribution in [3.63, 3.8) is 0 Å². The number of hydrogen-bond donors (Lipinski definition) is 2. The van der Waals surface area contributed by atoms with E-state index in [-0.39, 0.29) is 11.5 Å². The second-order valence-electron chi connectivity index (χ2n) is 9.69. The fourth-order valence-electron chi connectivity index (χ4n) is 4.69. The van der Waals surface area contributed by atoms with E-state index in [4.69, 9.17) is 42.1 Å². The Morgan fingerprint density at radius 1 is 0.500 bits per heavy atom. The van der Waals surface area contributed by atoms with Crippen LogP contribution in [0.25, 0.3) is 21.8 Å². The summed E-state index contributed by atoms with van der Waals surface area (Å²) in [4.78, 5) is 13.5. The van der Waals surface area contributed by atoms with Gasteiger partial charge in [-0.3, -0.25) is 0 Å². The molecular formula is C30H34Cl2N4O6. The maximum Gasteiger partial charge on any atom is 0.142 e. The van der Waals surface area contributed by atoms with Gasteiger partial charge in [-0.25, -0.2) is 9.97 Å². The van der Waals surface area contributed by atoms with Crippen LogP contribution in [-0.4, -0.2) is 99.2 Å². The van der Waals surface area contributed by atoms with Crippen LogP contribution in [-0.2, 0) is 18.9 Å². The molecule has 10 nitrogen and oxygen atoms in total. The number of hydrogen-bond acceptors (Lipinski definition) is 10. The van der Waals surface area contributed by atoms with Crippen molar-refractivity contribution in [2.75, 3.05) is 88.8 Å². The molecule has 0 radical (unpaired) electrons. The number of aromatic hydroxyl groups is 2. The van der Waals surface area contributed by atoms with Crippen molar-refractivity contribution in [1.29, 1.82) is 0 Å². The normalized spacial score (nSPS) is 17.3. The minimum Gasteiger partial charge on any atom is -0.506 e. The van der Waals surface area contributed by atoms with Gasteiger partial charge in [0, 0.05) is 37.0 Å². The van der Waals surface area contributed by atoms with E-state index in [1.807, 2.05) is 24.3 Å². The Bertz CT molecular complexity index is 1360. The van der Waals surface area contributed by atoms with E-state index in [0.29, 0.717) is 123 Å². The average molecular weight is 618 g/mol. The van der Waals surface area contributed by atoms with E-state index in [2.05, 4.69) is 19.8 Å². The van der Waals surface area contributed by atoms with Gasteiger partial charge >= 0.3 is 0 Å². The highest BCUT2D eigenvalue weighted by molar-refractivity contribution is 6.36. The van der Waals surface area contributed by atoms with Crippen molar-refractivity contribution in [2.24, 2.45) is 0 Å². The molecule has 5 rings (SSSR count). The third-order valence-electron chi connectivity index (χ3n) is 6.95. The van der Waals surface area contributed by atoms with E-state index in [9.17, 15) is 10.2 Å². The molecule has 2 N–H and O–H groups in total. The van der Waals surface area contributed by atoms with E-state index < -0.39 is 0 Å². The van der Waals surface area contributed by atoms with Gasteiger partial charge in [0.05, 0.1) is 62.9 Å². The number of phenols is 2. The van der Waals surface area contributed by atoms with E-state index in [0.717, 1.165) is 0 Å². The van der Waals surface area contributed by atoms with Crippen molar-refractivity contribution in [1.82, 2.24) is 9.97 Å². The Kier molecular flexibility index (Phi) is 10.7. The third kappa shape index (κ3) is 7.63. The Hall–Kier alpha value is -3.12. The first-order valence-corrected chi connectivity index (χ1v) is 14.6. The number of rotatable bonds is 2. The molecule has 0 spiro atoms. The van der Waals surface area contributed by atoms with E-state index >= 15 is 0 Å². The molecule has 0 bridgehead atoms. The Balaban J connectivity index is 1.20. The Morgan fingerprint density at radius 3 is 1.21 bits per heavy atom. The SMILES string of the molecule is Oc1ccc(Cl)c2ccc(N3CCOCCOCCN(c4ccc5c(Cl)ccc(O)c5n4)CCOCCOCC3)nc12. The fraction of sp³-hybridized carbons (Fsp3) is 0.400. The monoisotopic (exact) mass is 616 g/mol. The lowest BCUT2D eigenvalue weighted by molar-refractivity contribution is 0.0435. The highest BCUT2D eigenvalue weighted by Gasteiger charge is 2.14. The highest BCUT2D eigenvalue weighted by atomic mass is 35.5. The molecule has 4 aromatic rings. The van der Waals surface area contributed by atoms with Crippen LogP contribution in [0, 0.1) is 0 Å². The van der Waals surface area contributed by atoms with Crippen LogP contribution in [0.4, 0.5) is 11.6 Å². The first kappa shape index (κ1) is 30.3. The number of ether oxygens (including phenoxy) is 4. The van der Waals surface area contributed by atoms with Crippen LogP contribution >= 0.6 is 23.2 Å². The first-order chi connectivity index (χ1) is 20.5. The molecule has 224 valence electrons. The molecule has 0 aliphatic carbocycles. The molecule has 0 atom stereocenters. The Morgan fingerprint density at radius 2 is 0.857 bits per heavy atom. The predicted molar refractivity (Wildman–Crippen MR) is 165 cm³/mol. The number of fused-ring (bicyclic) bond motifs is 2. The number of anilines is 2. The van der Waals surface area contributed by atoms with Crippen LogP contribution in [0.1, 0.15) is 0 Å². The zero-order valence-corrected chi connectivity index (χ0v) is 24.7. The lowest BCUT2D eigenvalue weighted by Crippen LogP contribution is -2.33. The smallest absolute Gasteiger partial charge is 0.142 e. The average Bonchev–Trinajstić information content (AvgIpc) is 3.00. The maximum absolute atomic E-state index is 10.3. The molecule has 42 heavy (non-hydrogen) atoms. The summed E-state index contributed by atoms with van der Waals surface area (Å²) in [5.74, 6) is 1.56. The summed E-state index contributed by atoms with van der Waals surface area (Å²) < 4.78 is 23.4. The molecule has 2 aromatic heterocycles. The summed E-state index contributed by atoms with van der Waals surface area (Å²) in [7, 11) is 0. The number of nitrogens with zero attached hydrogens (tertiary/aromatic N) is 4. The zero-order chi connectivity index (χ0) is 29.3. The predicted octanol–water partition coefficient (Wildman–Crippen LogP) is 4.89. The van der Waals surface area contributed by atoms with E-state index in [1.165, 1.54) is 0 Å². The second-order valence-corrected chi connectivity index (χ2v) is 10.5. The summed E-state index contributed by atoms with van der Waals surface area (Å²) in [6.45, 7) is 5.95. The number of benzene rings is 2. The molecule has 2 aromatic carbocycles. The van der Waals surface area contributed by atoms with Gasteiger partial charge in [0.25, 0.3) is 0 Å². The lowest BCUT2D eigenvalue weighted by atomic mass is 10.2. The number of halogens is 2. The van der Waals surface area contributed by atoms with Gasteiger partial charge in [-0.2, -0.15) is 0 Å². The van der Waals surface area contributed by atoms with Crippen molar-refractivity contribution in [3.05, 3.63) is 58.6 Å². The molecule has 12 heteroatoms. The van der Waals surface area contributed by atoms with Crippen molar-refractivity contribution >= 4 is 56.6 Å². The summed E-state index contributed by atoms with van der Waals surface area (Å²) in [5.41, 5.74) is 0.910. The van der Waals surface area contributed by atoms with Crippen LogP contribution in [0.15, 0.2) is 48.5 Å². The number of phenolic OH excluding ortho intramolecular Hbond substituents is 2. The van der Waals surface area contributed by atoms with Gasteiger partial charge in [0.2, 0.25) is 0 Å².